The number of hydrogen-bond donors (Lipinski definition) is 2. The number of nitrogens with zero attached hydrogens (tertiary/aromatic N) is 2. The molecule has 0 aliphatic heterocycles. The van der Waals surface area contributed by atoms with E-state index in [0.717, 1.165) is 23.2 Å². The van der Waals surface area contributed by atoms with Gasteiger partial charge < -0.3 is 10.8 Å². The Labute approximate surface area is 123 Å². The van der Waals surface area contributed by atoms with E-state index in [1.807, 2.05) is 31.2 Å². The van der Waals surface area contributed by atoms with Crippen molar-refractivity contribution in [1.29, 1.82) is 0 Å². The van der Waals surface area contributed by atoms with Crippen LogP contribution in [0.1, 0.15) is 36.9 Å². The number of benzene rings is 1. The molecule has 5 heteroatoms. The molecule has 0 radical (unpaired) electrons. The Morgan fingerprint density at radius 2 is 2.00 bits per heavy atom. The first kappa shape index (κ1) is 15.1. The Balaban J connectivity index is 2.29. The molecule has 5 nitrogen and oxygen atoms in total. The molecule has 21 heavy (non-hydrogen) atoms. The lowest BCUT2D eigenvalue weighted by molar-refractivity contribution is -0.137. The van der Waals surface area contributed by atoms with Crippen LogP contribution in [0.25, 0.3) is 11.4 Å². The fraction of sp³-hybridized carbons (Fsp3) is 0.312. The van der Waals surface area contributed by atoms with Crippen molar-refractivity contribution in [2.75, 3.05) is 0 Å². The molecule has 1 heterocycles. The highest BCUT2D eigenvalue weighted by molar-refractivity contribution is 5.68. The van der Waals surface area contributed by atoms with Crippen LogP contribution in [0.4, 0.5) is 0 Å². The Morgan fingerprint density at radius 1 is 1.29 bits per heavy atom. The summed E-state index contributed by atoms with van der Waals surface area (Å²) in [7, 11) is 0. The fourth-order valence-electron chi connectivity index (χ4n) is 2.20. The molecular weight excluding hydrogens is 266 g/mol. The van der Waals surface area contributed by atoms with E-state index in [0.29, 0.717) is 12.4 Å². The van der Waals surface area contributed by atoms with E-state index >= 15 is 0 Å². The second-order valence-electron chi connectivity index (χ2n) is 4.91. The summed E-state index contributed by atoms with van der Waals surface area (Å²) in [5.41, 5.74) is 8.30. The molecule has 0 amide bonds. The average molecular weight is 285 g/mol. The van der Waals surface area contributed by atoms with Crippen LogP contribution in [0.5, 0.6) is 0 Å². The molecule has 1 atom stereocenters. The van der Waals surface area contributed by atoms with Gasteiger partial charge in [0.2, 0.25) is 0 Å². The van der Waals surface area contributed by atoms with Crippen molar-refractivity contribution in [3.05, 3.63) is 47.8 Å². The molecule has 0 bridgehead atoms. The van der Waals surface area contributed by atoms with Crippen molar-refractivity contribution in [2.24, 2.45) is 5.73 Å². The highest BCUT2D eigenvalue weighted by atomic mass is 16.4. The van der Waals surface area contributed by atoms with Crippen molar-refractivity contribution in [1.82, 2.24) is 9.97 Å². The maximum Gasteiger partial charge on any atom is 0.304 e. The number of aromatic nitrogens is 2. The predicted octanol–water partition coefficient (Wildman–Crippen LogP) is 2.57. The normalized spacial score (nSPS) is 12.1. The molecule has 0 saturated heterocycles. The number of rotatable bonds is 6. The minimum absolute atomic E-state index is 0.0824. The van der Waals surface area contributed by atoms with E-state index in [1.54, 1.807) is 12.3 Å². The maximum absolute atomic E-state index is 10.9. The molecule has 1 aromatic heterocycles. The minimum atomic E-state index is -0.811. The summed E-state index contributed by atoms with van der Waals surface area (Å²) in [4.78, 5) is 19.7. The Morgan fingerprint density at radius 3 is 2.57 bits per heavy atom. The van der Waals surface area contributed by atoms with Gasteiger partial charge in [-0.1, -0.05) is 31.2 Å². The van der Waals surface area contributed by atoms with Gasteiger partial charge in [0.15, 0.2) is 5.82 Å². The largest absolute Gasteiger partial charge is 0.481 e. The number of hydrogen-bond acceptors (Lipinski definition) is 4. The van der Waals surface area contributed by atoms with Gasteiger partial charge in [-0.2, -0.15) is 0 Å². The van der Waals surface area contributed by atoms with Crippen LogP contribution in [-0.2, 0) is 11.3 Å². The molecule has 0 saturated carbocycles. The monoisotopic (exact) mass is 285 g/mol. The van der Waals surface area contributed by atoms with Gasteiger partial charge in [-0.3, -0.25) is 4.79 Å². The summed E-state index contributed by atoms with van der Waals surface area (Å²) in [6.07, 6.45) is 2.49. The third-order valence-electron chi connectivity index (χ3n) is 3.46. The zero-order valence-electron chi connectivity index (χ0n) is 12.0. The second-order valence-corrected chi connectivity index (χ2v) is 4.91. The van der Waals surface area contributed by atoms with Crippen molar-refractivity contribution >= 4 is 5.97 Å². The Hall–Kier alpha value is -2.27. The minimum Gasteiger partial charge on any atom is -0.481 e. The van der Waals surface area contributed by atoms with Gasteiger partial charge in [-0.05, 0) is 18.1 Å². The van der Waals surface area contributed by atoms with Gasteiger partial charge in [0, 0.05) is 29.9 Å². The molecule has 0 aliphatic carbocycles. The Bertz CT molecular complexity index is 611. The fourth-order valence-corrected chi connectivity index (χ4v) is 2.20. The van der Waals surface area contributed by atoms with Gasteiger partial charge in [0.25, 0.3) is 0 Å². The summed E-state index contributed by atoms with van der Waals surface area (Å²) >= 11 is 0. The van der Waals surface area contributed by atoms with Crippen LogP contribution in [0, 0.1) is 0 Å². The molecule has 2 rings (SSSR count). The SMILES string of the molecule is CCC(CC(=O)O)c1ccnc(-c2ccc(CN)cc2)n1. The molecule has 1 aromatic carbocycles. The van der Waals surface area contributed by atoms with Gasteiger partial charge in [0.05, 0.1) is 6.42 Å². The zero-order chi connectivity index (χ0) is 15.2. The summed E-state index contributed by atoms with van der Waals surface area (Å²) in [5.74, 6) is -0.290. The highest BCUT2D eigenvalue weighted by Crippen LogP contribution is 2.23. The zero-order valence-corrected chi connectivity index (χ0v) is 12.0. The van der Waals surface area contributed by atoms with Gasteiger partial charge in [0.1, 0.15) is 0 Å². The van der Waals surface area contributed by atoms with E-state index in [-0.39, 0.29) is 12.3 Å². The number of carboxylic acid groups (broad SMARTS) is 1. The van der Waals surface area contributed by atoms with Gasteiger partial charge in [-0.25, -0.2) is 9.97 Å². The number of aliphatic carboxylic acids is 1. The Kier molecular flexibility index (Phi) is 5.00. The number of carbonyl (C=O) groups is 1. The molecule has 0 spiro atoms. The first-order valence-corrected chi connectivity index (χ1v) is 6.98. The van der Waals surface area contributed by atoms with E-state index < -0.39 is 5.97 Å². The molecular formula is C16H19N3O2. The van der Waals surface area contributed by atoms with Crippen molar-refractivity contribution in [3.8, 4) is 11.4 Å². The quantitative estimate of drug-likeness (QED) is 0.851. The van der Waals surface area contributed by atoms with Gasteiger partial charge >= 0.3 is 5.97 Å². The third kappa shape index (κ3) is 3.86. The average Bonchev–Trinajstić information content (AvgIpc) is 2.52. The van der Waals surface area contributed by atoms with Crippen LogP contribution in [0.2, 0.25) is 0 Å². The highest BCUT2D eigenvalue weighted by Gasteiger charge is 2.16. The summed E-state index contributed by atoms with van der Waals surface area (Å²) in [5, 5.41) is 8.97. The van der Waals surface area contributed by atoms with Crippen LogP contribution >= 0.6 is 0 Å². The molecule has 0 aliphatic rings. The topological polar surface area (TPSA) is 89.1 Å². The lowest BCUT2D eigenvalue weighted by Gasteiger charge is -2.12. The molecule has 2 aromatic rings. The molecule has 3 N–H and O–H groups in total. The van der Waals surface area contributed by atoms with E-state index in [2.05, 4.69) is 9.97 Å². The van der Waals surface area contributed by atoms with E-state index in [1.165, 1.54) is 0 Å². The second kappa shape index (κ2) is 6.95. The summed E-state index contributed by atoms with van der Waals surface area (Å²) in [6, 6.07) is 9.54. The molecule has 0 fully saturated rings. The van der Waals surface area contributed by atoms with Crippen molar-refractivity contribution < 1.29 is 9.90 Å². The summed E-state index contributed by atoms with van der Waals surface area (Å²) in [6.45, 7) is 2.46. The standard InChI is InChI=1S/C16H19N3O2/c1-2-12(9-15(20)21)14-7-8-18-16(19-14)13-5-3-11(10-17)4-6-13/h3-8,12H,2,9-10,17H2,1H3,(H,20,21). The lowest BCUT2D eigenvalue weighted by Crippen LogP contribution is -2.08. The predicted molar refractivity (Wildman–Crippen MR) is 80.6 cm³/mol. The maximum atomic E-state index is 10.9. The lowest BCUT2D eigenvalue weighted by atomic mass is 9.98. The van der Waals surface area contributed by atoms with E-state index in [9.17, 15) is 4.79 Å². The molecule has 1 unspecified atom stereocenters. The third-order valence-corrected chi connectivity index (χ3v) is 3.46. The smallest absolute Gasteiger partial charge is 0.304 e. The van der Waals surface area contributed by atoms with Crippen LogP contribution < -0.4 is 5.73 Å². The number of nitrogens with two attached hydrogens (primary N) is 1. The van der Waals surface area contributed by atoms with Crippen molar-refractivity contribution in [2.45, 2.75) is 32.2 Å². The van der Waals surface area contributed by atoms with Crippen LogP contribution in [0.15, 0.2) is 36.5 Å². The van der Waals surface area contributed by atoms with E-state index in [4.69, 9.17) is 10.8 Å². The first-order chi connectivity index (χ1) is 10.1. The van der Waals surface area contributed by atoms with Crippen molar-refractivity contribution in [3.63, 3.8) is 0 Å². The van der Waals surface area contributed by atoms with Crippen LogP contribution in [0.3, 0.4) is 0 Å². The first-order valence-electron chi connectivity index (χ1n) is 6.98. The van der Waals surface area contributed by atoms with Gasteiger partial charge in [-0.15, -0.1) is 0 Å². The molecule has 110 valence electrons. The number of carboxylic acids is 1. The summed E-state index contributed by atoms with van der Waals surface area (Å²) < 4.78 is 0. The van der Waals surface area contributed by atoms with Crippen LogP contribution in [-0.4, -0.2) is 21.0 Å².